The van der Waals surface area contributed by atoms with Crippen molar-refractivity contribution in [2.45, 2.75) is 50.5 Å². The molecular formula is C23H23ClF4N4O. The quantitative estimate of drug-likeness (QED) is 0.434. The molecule has 2 N–H and O–H groups in total. The average molecular weight is 483 g/mol. The number of halogens is 5. The van der Waals surface area contributed by atoms with Crippen LogP contribution in [0.5, 0.6) is 0 Å². The molecule has 2 aromatic heterocycles. The molecule has 0 aliphatic heterocycles. The van der Waals surface area contributed by atoms with Gasteiger partial charge < -0.3 is 15.2 Å². The molecule has 4 rings (SSSR count). The van der Waals surface area contributed by atoms with Gasteiger partial charge in [-0.05, 0) is 56.0 Å². The number of carbonyl (C=O) groups is 1. The van der Waals surface area contributed by atoms with Crippen molar-refractivity contribution in [1.82, 2.24) is 14.9 Å². The molecule has 3 aromatic rings. The number of pyridine rings is 1. The number of alkyl halides is 4. The van der Waals surface area contributed by atoms with Gasteiger partial charge in [0, 0.05) is 40.6 Å². The number of rotatable bonds is 6. The summed E-state index contributed by atoms with van der Waals surface area (Å²) in [6, 6.07) is 6.95. The maximum absolute atomic E-state index is 13.4. The molecule has 0 spiro atoms. The predicted molar refractivity (Wildman–Crippen MR) is 119 cm³/mol. The van der Waals surface area contributed by atoms with Crippen LogP contribution in [0.3, 0.4) is 0 Å². The normalized spacial score (nSPS) is 18.9. The Kier molecular flexibility index (Phi) is 6.78. The first kappa shape index (κ1) is 23.4. The number of nitrogens with zero attached hydrogens (tertiary/aromatic N) is 2. The summed E-state index contributed by atoms with van der Waals surface area (Å²) >= 11 is 6.08. The third-order valence-electron chi connectivity index (χ3n) is 5.79. The molecule has 0 saturated heterocycles. The van der Waals surface area contributed by atoms with Crippen LogP contribution in [-0.4, -0.2) is 34.2 Å². The summed E-state index contributed by atoms with van der Waals surface area (Å²) in [6.45, 7) is -0.330. The van der Waals surface area contributed by atoms with Crippen LogP contribution in [0.25, 0.3) is 10.9 Å². The largest absolute Gasteiger partial charge is 0.433 e. The number of anilines is 1. The molecule has 2 atom stereocenters. The van der Waals surface area contributed by atoms with E-state index in [9.17, 15) is 22.4 Å². The van der Waals surface area contributed by atoms with Crippen LogP contribution < -0.4 is 10.6 Å². The van der Waals surface area contributed by atoms with Crippen LogP contribution in [-0.2, 0) is 12.7 Å². The molecule has 1 aliphatic rings. The number of amides is 1. The van der Waals surface area contributed by atoms with Gasteiger partial charge >= 0.3 is 6.18 Å². The molecule has 1 aromatic carbocycles. The molecule has 1 aliphatic carbocycles. The van der Waals surface area contributed by atoms with Crippen molar-refractivity contribution >= 4 is 34.1 Å². The van der Waals surface area contributed by atoms with Gasteiger partial charge in [-0.15, -0.1) is 0 Å². The minimum absolute atomic E-state index is 0.132. The summed E-state index contributed by atoms with van der Waals surface area (Å²) < 4.78 is 54.3. The standard InChI is InChI=1S/C23H23ClF4N4O/c24-15-4-5-19-18(10-15)20(12-21(31-19)23(26,27)28)29-16-2-1-3-17(11-16)30-22(33)14-6-8-32(13-14)9-7-25/h4-6,8,10,12-13,16-17H,1-3,7,9,11H2,(H,29,31)(H,30,33)/t16-,17+/m0/s1. The molecule has 5 nitrogen and oxygen atoms in total. The van der Waals surface area contributed by atoms with E-state index in [0.29, 0.717) is 28.1 Å². The Morgan fingerprint density at radius 3 is 2.73 bits per heavy atom. The van der Waals surface area contributed by atoms with Crippen molar-refractivity contribution in [3.8, 4) is 0 Å². The molecular weight excluding hydrogens is 460 g/mol. The molecule has 1 amide bonds. The van der Waals surface area contributed by atoms with E-state index in [4.69, 9.17) is 11.6 Å². The molecule has 176 valence electrons. The van der Waals surface area contributed by atoms with Crippen molar-refractivity contribution < 1.29 is 22.4 Å². The minimum Gasteiger partial charge on any atom is -0.382 e. The van der Waals surface area contributed by atoms with Gasteiger partial charge in [0.05, 0.1) is 17.6 Å². The van der Waals surface area contributed by atoms with E-state index in [1.54, 1.807) is 29.1 Å². The summed E-state index contributed by atoms with van der Waals surface area (Å²) in [5.41, 5.74) is -0.00771. The zero-order chi connectivity index (χ0) is 23.6. The summed E-state index contributed by atoms with van der Waals surface area (Å²) in [4.78, 5) is 16.3. The number of fused-ring (bicyclic) bond motifs is 1. The van der Waals surface area contributed by atoms with Gasteiger partial charge in [-0.3, -0.25) is 4.79 Å². The Bertz CT molecular complexity index is 1150. The van der Waals surface area contributed by atoms with Gasteiger partial charge in [0.15, 0.2) is 0 Å². The van der Waals surface area contributed by atoms with E-state index >= 15 is 0 Å². The molecule has 33 heavy (non-hydrogen) atoms. The van der Waals surface area contributed by atoms with Crippen molar-refractivity contribution in [2.24, 2.45) is 0 Å². The van der Waals surface area contributed by atoms with E-state index < -0.39 is 18.5 Å². The molecule has 0 unspecified atom stereocenters. The number of aryl methyl sites for hydroxylation is 1. The summed E-state index contributed by atoms with van der Waals surface area (Å²) in [5.74, 6) is -0.251. The van der Waals surface area contributed by atoms with E-state index in [0.717, 1.165) is 25.3 Å². The van der Waals surface area contributed by atoms with E-state index in [1.807, 2.05) is 0 Å². The molecule has 1 saturated carbocycles. The topological polar surface area (TPSA) is 59.0 Å². The van der Waals surface area contributed by atoms with Crippen LogP contribution in [0.4, 0.5) is 23.2 Å². The third-order valence-corrected chi connectivity index (χ3v) is 6.02. The monoisotopic (exact) mass is 482 g/mol. The number of hydrogen-bond donors (Lipinski definition) is 2. The van der Waals surface area contributed by atoms with Crippen molar-refractivity contribution in [1.29, 1.82) is 0 Å². The Labute approximate surface area is 193 Å². The van der Waals surface area contributed by atoms with E-state index in [2.05, 4.69) is 15.6 Å². The van der Waals surface area contributed by atoms with Gasteiger partial charge in [0.25, 0.3) is 5.91 Å². The van der Waals surface area contributed by atoms with Gasteiger partial charge in [0.1, 0.15) is 12.4 Å². The number of benzene rings is 1. The molecule has 0 bridgehead atoms. The van der Waals surface area contributed by atoms with Crippen molar-refractivity contribution in [3.05, 3.63) is 59.0 Å². The van der Waals surface area contributed by atoms with Crippen molar-refractivity contribution in [2.75, 3.05) is 12.0 Å². The number of aromatic nitrogens is 2. The summed E-state index contributed by atoms with van der Waals surface area (Å²) in [7, 11) is 0. The first-order chi connectivity index (χ1) is 15.7. The number of nitrogens with one attached hydrogen (secondary N) is 2. The first-order valence-electron chi connectivity index (χ1n) is 10.7. The van der Waals surface area contributed by atoms with Crippen LogP contribution in [0, 0.1) is 0 Å². The number of hydrogen-bond acceptors (Lipinski definition) is 3. The van der Waals surface area contributed by atoms with Crippen LogP contribution in [0.1, 0.15) is 41.7 Å². The highest BCUT2D eigenvalue weighted by Gasteiger charge is 2.34. The molecule has 1 fully saturated rings. The van der Waals surface area contributed by atoms with Gasteiger partial charge in [-0.1, -0.05) is 11.6 Å². The molecule has 10 heteroatoms. The Balaban J connectivity index is 1.49. The predicted octanol–water partition coefficient (Wildman–Crippen LogP) is 5.83. The third kappa shape index (κ3) is 5.58. The second-order valence-electron chi connectivity index (χ2n) is 8.22. The highest BCUT2D eigenvalue weighted by atomic mass is 35.5. The maximum atomic E-state index is 13.4. The Morgan fingerprint density at radius 2 is 1.97 bits per heavy atom. The summed E-state index contributed by atoms with van der Waals surface area (Å²) in [5, 5.41) is 7.13. The lowest BCUT2D eigenvalue weighted by atomic mass is 9.90. The van der Waals surface area contributed by atoms with Gasteiger partial charge in [-0.25, -0.2) is 9.37 Å². The average Bonchev–Trinajstić information content (AvgIpc) is 3.23. The number of carbonyl (C=O) groups excluding carboxylic acids is 1. The Hall–Kier alpha value is -2.81. The van der Waals surface area contributed by atoms with Crippen LogP contribution in [0.15, 0.2) is 42.7 Å². The smallest absolute Gasteiger partial charge is 0.382 e. The fourth-order valence-electron chi connectivity index (χ4n) is 4.22. The lowest BCUT2D eigenvalue weighted by molar-refractivity contribution is -0.140. The molecule has 2 heterocycles. The maximum Gasteiger partial charge on any atom is 0.433 e. The zero-order valence-corrected chi connectivity index (χ0v) is 18.4. The lowest BCUT2D eigenvalue weighted by Gasteiger charge is -2.31. The van der Waals surface area contributed by atoms with E-state index in [-0.39, 0.29) is 30.1 Å². The second kappa shape index (κ2) is 9.59. The fraction of sp³-hybridized carbons (Fsp3) is 0.391. The molecule has 0 radical (unpaired) electrons. The minimum atomic E-state index is -4.58. The first-order valence-corrected chi connectivity index (χ1v) is 11.1. The van der Waals surface area contributed by atoms with Gasteiger partial charge in [0.2, 0.25) is 0 Å². The highest BCUT2D eigenvalue weighted by molar-refractivity contribution is 6.31. The zero-order valence-electron chi connectivity index (χ0n) is 17.6. The second-order valence-corrected chi connectivity index (χ2v) is 8.66. The summed E-state index contributed by atoms with van der Waals surface area (Å²) in [6.07, 6.45) is 1.56. The van der Waals surface area contributed by atoms with E-state index in [1.165, 1.54) is 12.1 Å². The van der Waals surface area contributed by atoms with Crippen LogP contribution >= 0.6 is 11.6 Å². The van der Waals surface area contributed by atoms with Crippen molar-refractivity contribution in [3.63, 3.8) is 0 Å². The Morgan fingerprint density at radius 1 is 1.18 bits per heavy atom. The lowest BCUT2D eigenvalue weighted by Crippen LogP contribution is -2.41. The van der Waals surface area contributed by atoms with Crippen LogP contribution in [0.2, 0.25) is 5.02 Å². The fourth-order valence-corrected chi connectivity index (χ4v) is 4.39. The van der Waals surface area contributed by atoms with Gasteiger partial charge in [-0.2, -0.15) is 13.2 Å². The SMILES string of the molecule is O=C(N[C@@H]1CCC[C@H](Nc2cc(C(F)(F)F)nc3ccc(Cl)cc23)C1)c1ccn(CCF)c1. The highest BCUT2D eigenvalue weighted by Crippen LogP contribution is 2.35.